The highest BCUT2D eigenvalue weighted by Crippen LogP contribution is 2.42. The van der Waals surface area contributed by atoms with Crippen molar-refractivity contribution in [2.75, 3.05) is 25.1 Å². The number of anilines is 1. The van der Waals surface area contributed by atoms with Gasteiger partial charge >= 0.3 is 0 Å². The van der Waals surface area contributed by atoms with Crippen LogP contribution in [0.15, 0.2) is 46.8 Å². The van der Waals surface area contributed by atoms with Crippen molar-refractivity contribution < 1.29 is 17.9 Å². The van der Waals surface area contributed by atoms with Gasteiger partial charge in [-0.25, -0.2) is 27.7 Å². The molecule has 4 heterocycles. The minimum atomic E-state index is -3.20. The van der Waals surface area contributed by atoms with Crippen LogP contribution in [0.2, 0.25) is 0 Å². The zero-order valence-electron chi connectivity index (χ0n) is 21.1. The molecule has 2 aliphatic rings. The van der Waals surface area contributed by atoms with Crippen molar-refractivity contribution in [2.45, 2.75) is 55.3 Å². The average molecular weight is 624 g/mol. The van der Waals surface area contributed by atoms with Crippen LogP contribution in [0.4, 0.5) is 5.82 Å². The number of nitrogens with zero attached hydrogens (tertiary/aromatic N) is 5. The highest BCUT2D eigenvalue weighted by Gasteiger charge is 2.34. The summed E-state index contributed by atoms with van der Waals surface area (Å²) in [4.78, 5) is 13.5. The minimum absolute atomic E-state index is 0.0840. The van der Waals surface area contributed by atoms with Gasteiger partial charge in [0.05, 0.1) is 11.5 Å². The van der Waals surface area contributed by atoms with Crippen LogP contribution in [0.3, 0.4) is 0 Å². The lowest BCUT2D eigenvalue weighted by Crippen LogP contribution is -2.39. The molecule has 2 N–H and O–H groups in total. The van der Waals surface area contributed by atoms with E-state index >= 15 is 0 Å². The van der Waals surface area contributed by atoms with Crippen molar-refractivity contribution in [3.63, 3.8) is 0 Å². The number of thioether (sulfide) groups is 1. The SMILES string of the molecule is C=CCCC(Sc1nc2c(N)ncnc2n1CCC1CCCN(S(C)(=O)=O)C1)C1Oc2ccc(Br)cc2O1. The number of hydrogen-bond donors (Lipinski definition) is 1. The molecule has 2 aliphatic heterocycles. The van der Waals surface area contributed by atoms with Crippen LogP contribution in [-0.2, 0) is 16.6 Å². The number of allylic oxidation sites excluding steroid dienone is 1. The summed E-state index contributed by atoms with van der Waals surface area (Å²) in [6, 6.07) is 5.72. The Hall–Kier alpha value is -2.35. The van der Waals surface area contributed by atoms with E-state index in [4.69, 9.17) is 20.2 Å². The molecule has 3 atom stereocenters. The fraction of sp³-hybridized carbons (Fsp3) is 0.480. The van der Waals surface area contributed by atoms with E-state index in [0.717, 1.165) is 41.7 Å². The van der Waals surface area contributed by atoms with Crippen molar-refractivity contribution in [1.29, 1.82) is 0 Å². The number of halogens is 1. The highest BCUT2D eigenvalue weighted by atomic mass is 79.9. The van der Waals surface area contributed by atoms with Gasteiger partial charge in [0.2, 0.25) is 10.0 Å². The van der Waals surface area contributed by atoms with Crippen LogP contribution in [0, 0.1) is 5.92 Å². The van der Waals surface area contributed by atoms with E-state index in [1.54, 1.807) is 16.1 Å². The summed E-state index contributed by atoms with van der Waals surface area (Å²) in [5.41, 5.74) is 7.39. The molecule has 0 spiro atoms. The molecule has 3 aromatic rings. The largest absolute Gasteiger partial charge is 0.450 e. The smallest absolute Gasteiger partial charge is 0.253 e. The van der Waals surface area contributed by atoms with Gasteiger partial charge in [-0.15, -0.1) is 6.58 Å². The second kappa shape index (κ2) is 11.4. The topological polar surface area (TPSA) is 125 Å². The van der Waals surface area contributed by atoms with Gasteiger partial charge in [0.25, 0.3) is 6.29 Å². The molecule has 0 bridgehead atoms. The van der Waals surface area contributed by atoms with Crippen LogP contribution < -0.4 is 15.2 Å². The van der Waals surface area contributed by atoms with Crippen molar-refractivity contribution in [1.82, 2.24) is 23.8 Å². The van der Waals surface area contributed by atoms with Gasteiger partial charge in [0.1, 0.15) is 6.33 Å². The maximum Gasteiger partial charge on any atom is 0.253 e. The van der Waals surface area contributed by atoms with Gasteiger partial charge in [-0.05, 0) is 56.2 Å². The van der Waals surface area contributed by atoms with Gasteiger partial charge in [-0.2, -0.15) is 0 Å². The van der Waals surface area contributed by atoms with Crippen molar-refractivity contribution >= 4 is 54.7 Å². The number of fused-ring (bicyclic) bond motifs is 2. The second-order valence-corrected chi connectivity index (χ2v) is 13.7. The Morgan fingerprint density at radius 1 is 1.32 bits per heavy atom. The lowest BCUT2D eigenvalue weighted by atomic mass is 9.96. The molecule has 1 saturated heterocycles. The molecule has 1 aromatic carbocycles. The molecule has 0 saturated carbocycles. The summed E-state index contributed by atoms with van der Waals surface area (Å²) >= 11 is 5.06. The molecular formula is C25H31BrN6O4S2. The molecule has 0 radical (unpaired) electrons. The number of imidazole rings is 1. The number of rotatable bonds is 10. The maximum atomic E-state index is 12.1. The normalized spacial score (nSPS) is 20.6. The average Bonchev–Trinajstić information content (AvgIpc) is 3.46. The summed E-state index contributed by atoms with van der Waals surface area (Å²) in [6.07, 6.45) is 8.30. The van der Waals surface area contributed by atoms with E-state index in [1.165, 1.54) is 12.6 Å². The lowest BCUT2D eigenvalue weighted by molar-refractivity contribution is 0.0459. The Kier molecular flexibility index (Phi) is 8.17. The first-order valence-corrected chi connectivity index (χ1v) is 16.1. The van der Waals surface area contributed by atoms with E-state index in [1.807, 2.05) is 24.3 Å². The number of nitrogen functional groups attached to an aromatic ring is 1. The van der Waals surface area contributed by atoms with Gasteiger partial charge in [-0.3, -0.25) is 0 Å². The monoisotopic (exact) mass is 622 g/mol. The summed E-state index contributed by atoms with van der Waals surface area (Å²) < 4.78 is 41.2. The first-order chi connectivity index (χ1) is 18.2. The molecule has 3 unspecified atom stereocenters. The van der Waals surface area contributed by atoms with Gasteiger partial charge in [-0.1, -0.05) is 33.8 Å². The fourth-order valence-corrected chi connectivity index (χ4v) is 7.34. The quantitative estimate of drug-likeness (QED) is 0.258. The van der Waals surface area contributed by atoms with Crippen molar-refractivity contribution in [2.24, 2.45) is 5.92 Å². The first-order valence-electron chi connectivity index (χ1n) is 12.5. The summed E-state index contributed by atoms with van der Waals surface area (Å²) in [5, 5.41) is 0.667. The Labute approximate surface area is 235 Å². The minimum Gasteiger partial charge on any atom is -0.450 e. The number of sulfonamides is 1. The molecule has 0 aliphatic carbocycles. The first kappa shape index (κ1) is 27.2. The zero-order chi connectivity index (χ0) is 26.9. The number of aryl methyl sites for hydroxylation is 1. The van der Waals surface area contributed by atoms with E-state index < -0.39 is 16.3 Å². The maximum absolute atomic E-state index is 12.1. The van der Waals surface area contributed by atoms with Gasteiger partial charge in [0.15, 0.2) is 33.6 Å². The number of nitrogens with two attached hydrogens (primary N) is 1. The highest BCUT2D eigenvalue weighted by molar-refractivity contribution is 9.10. The third kappa shape index (κ3) is 5.95. The standard InChI is InChI=1S/C25H31BrN6O4S2/c1-3-4-7-20(24-35-18-9-8-17(26)13-19(18)36-24)37-25-30-21-22(27)28-15-29-23(21)32(25)12-10-16-6-5-11-31(14-16)38(2,33)34/h3,8-9,13,15-16,20,24H,1,4-7,10-12,14H2,2H3,(H2,27,28,29). The number of piperidine rings is 1. The molecule has 2 aromatic heterocycles. The van der Waals surface area contributed by atoms with E-state index in [-0.39, 0.29) is 11.2 Å². The number of ether oxygens (including phenoxy) is 2. The molecular weight excluding hydrogens is 592 g/mol. The third-order valence-electron chi connectivity index (χ3n) is 6.84. The van der Waals surface area contributed by atoms with Gasteiger partial charge < -0.3 is 19.8 Å². The van der Waals surface area contributed by atoms with Crippen LogP contribution in [-0.4, -0.2) is 63.1 Å². The molecule has 38 heavy (non-hydrogen) atoms. The molecule has 1 fully saturated rings. The van der Waals surface area contributed by atoms with E-state index in [9.17, 15) is 8.42 Å². The molecule has 204 valence electrons. The van der Waals surface area contributed by atoms with Crippen molar-refractivity contribution in [3.8, 4) is 11.5 Å². The predicted octanol–water partition coefficient (Wildman–Crippen LogP) is 4.46. The third-order valence-corrected chi connectivity index (χ3v) is 9.89. The Balaban J connectivity index is 1.39. The van der Waals surface area contributed by atoms with Gasteiger partial charge in [0, 0.05) is 24.1 Å². The fourth-order valence-electron chi connectivity index (χ4n) is 4.87. The second-order valence-electron chi connectivity index (χ2n) is 9.61. The molecule has 0 amide bonds. The van der Waals surface area contributed by atoms with E-state index in [2.05, 4.69) is 37.0 Å². The predicted molar refractivity (Wildman–Crippen MR) is 152 cm³/mol. The lowest BCUT2D eigenvalue weighted by Gasteiger charge is -2.31. The Morgan fingerprint density at radius 2 is 2.13 bits per heavy atom. The summed E-state index contributed by atoms with van der Waals surface area (Å²) in [7, 11) is -3.20. The zero-order valence-corrected chi connectivity index (χ0v) is 24.3. The van der Waals surface area contributed by atoms with E-state index in [0.29, 0.717) is 48.1 Å². The van der Waals surface area contributed by atoms with Crippen LogP contribution >= 0.6 is 27.7 Å². The number of aromatic nitrogens is 4. The Bertz CT molecular complexity index is 1430. The van der Waals surface area contributed by atoms with Crippen LogP contribution in [0.5, 0.6) is 11.5 Å². The molecule has 5 rings (SSSR count). The Morgan fingerprint density at radius 3 is 2.92 bits per heavy atom. The molecule has 10 nitrogen and oxygen atoms in total. The summed E-state index contributed by atoms with van der Waals surface area (Å²) in [6.45, 7) is 5.63. The summed E-state index contributed by atoms with van der Waals surface area (Å²) in [5.74, 6) is 1.98. The van der Waals surface area contributed by atoms with Crippen LogP contribution in [0.25, 0.3) is 11.2 Å². The van der Waals surface area contributed by atoms with Crippen LogP contribution in [0.1, 0.15) is 32.1 Å². The molecule has 13 heteroatoms. The number of benzene rings is 1. The van der Waals surface area contributed by atoms with Crippen molar-refractivity contribution in [3.05, 3.63) is 41.7 Å². The number of hydrogen-bond acceptors (Lipinski definition) is 9.